The zero-order valence-corrected chi connectivity index (χ0v) is 25.9. The van der Waals surface area contributed by atoms with Crippen molar-refractivity contribution in [2.45, 2.75) is 65.5 Å². The SMILES string of the molecule is CCCNC(=O)[C@H](Cc1ccccc1)N(Cc1ccc(C)cc1)C(=O)CN(c1ccc(C(C)(C)C)cc1)S(C)(=O)=O. The number of benzene rings is 3. The lowest BCUT2D eigenvalue weighted by Crippen LogP contribution is -2.53. The van der Waals surface area contributed by atoms with E-state index in [0.29, 0.717) is 18.7 Å². The van der Waals surface area contributed by atoms with E-state index in [-0.39, 0.29) is 17.9 Å². The first-order chi connectivity index (χ1) is 19.3. The summed E-state index contributed by atoms with van der Waals surface area (Å²) in [4.78, 5) is 29.2. The van der Waals surface area contributed by atoms with E-state index in [4.69, 9.17) is 0 Å². The maximum absolute atomic E-state index is 14.1. The lowest BCUT2D eigenvalue weighted by atomic mass is 9.87. The Hall–Kier alpha value is -3.65. The summed E-state index contributed by atoms with van der Waals surface area (Å²) in [5, 5.41) is 2.95. The molecule has 1 atom stereocenters. The number of aryl methyl sites for hydroxylation is 1. The average Bonchev–Trinajstić information content (AvgIpc) is 2.92. The molecule has 0 radical (unpaired) electrons. The molecule has 3 aromatic carbocycles. The van der Waals surface area contributed by atoms with Crippen LogP contribution >= 0.6 is 0 Å². The third-order valence-corrected chi connectivity index (χ3v) is 8.13. The topological polar surface area (TPSA) is 86.8 Å². The average molecular weight is 578 g/mol. The van der Waals surface area contributed by atoms with Gasteiger partial charge in [-0.25, -0.2) is 8.42 Å². The van der Waals surface area contributed by atoms with E-state index in [9.17, 15) is 18.0 Å². The highest BCUT2D eigenvalue weighted by molar-refractivity contribution is 7.92. The third kappa shape index (κ3) is 9.18. The predicted octanol–water partition coefficient (Wildman–Crippen LogP) is 5.22. The normalized spacial score (nSPS) is 12.4. The molecule has 0 heterocycles. The molecule has 0 spiro atoms. The molecule has 220 valence electrons. The van der Waals surface area contributed by atoms with E-state index < -0.39 is 28.5 Å². The van der Waals surface area contributed by atoms with Gasteiger partial charge in [0.15, 0.2) is 0 Å². The van der Waals surface area contributed by atoms with E-state index in [1.807, 2.05) is 80.6 Å². The van der Waals surface area contributed by atoms with Gasteiger partial charge < -0.3 is 10.2 Å². The van der Waals surface area contributed by atoms with Crippen LogP contribution in [0.15, 0.2) is 78.9 Å². The Bertz CT molecular complexity index is 1400. The van der Waals surface area contributed by atoms with Crippen molar-refractivity contribution in [3.8, 4) is 0 Å². The maximum atomic E-state index is 14.1. The third-order valence-electron chi connectivity index (χ3n) is 6.99. The van der Waals surface area contributed by atoms with Crippen LogP contribution in [0.4, 0.5) is 5.69 Å². The van der Waals surface area contributed by atoms with Crippen LogP contribution in [0.1, 0.15) is 56.4 Å². The number of carbonyl (C=O) groups excluding carboxylic acids is 2. The molecule has 8 heteroatoms. The number of rotatable bonds is 12. The Labute approximate surface area is 245 Å². The summed E-state index contributed by atoms with van der Waals surface area (Å²) >= 11 is 0. The smallest absolute Gasteiger partial charge is 0.244 e. The van der Waals surface area contributed by atoms with E-state index >= 15 is 0 Å². The molecule has 2 amide bonds. The lowest BCUT2D eigenvalue weighted by Gasteiger charge is -2.33. The summed E-state index contributed by atoms with van der Waals surface area (Å²) in [5.41, 5.74) is 4.19. The first-order valence-corrected chi connectivity index (χ1v) is 15.9. The quantitative estimate of drug-likeness (QED) is 0.320. The Morgan fingerprint density at radius 3 is 2.02 bits per heavy atom. The highest BCUT2D eigenvalue weighted by Crippen LogP contribution is 2.26. The molecule has 0 aromatic heterocycles. The Kier molecular flexibility index (Phi) is 10.7. The Balaban J connectivity index is 2.03. The van der Waals surface area contributed by atoms with Crippen LogP contribution in [0, 0.1) is 6.92 Å². The van der Waals surface area contributed by atoms with Crippen LogP contribution in [0.3, 0.4) is 0 Å². The molecule has 3 rings (SSSR count). The molecule has 0 unspecified atom stereocenters. The second-order valence-electron chi connectivity index (χ2n) is 11.6. The largest absolute Gasteiger partial charge is 0.354 e. The second-order valence-corrected chi connectivity index (χ2v) is 13.5. The number of amides is 2. The zero-order valence-electron chi connectivity index (χ0n) is 25.1. The predicted molar refractivity (Wildman–Crippen MR) is 166 cm³/mol. The van der Waals surface area contributed by atoms with E-state index in [1.165, 1.54) is 4.90 Å². The van der Waals surface area contributed by atoms with Gasteiger partial charge in [-0.15, -0.1) is 0 Å². The van der Waals surface area contributed by atoms with Gasteiger partial charge in [-0.3, -0.25) is 13.9 Å². The van der Waals surface area contributed by atoms with Gasteiger partial charge in [0, 0.05) is 19.5 Å². The standard InChI is InChI=1S/C33H43N3O4S/c1-7-21-34-32(38)30(22-26-11-9-8-10-12-26)35(23-27-15-13-25(2)14-16-27)31(37)24-36(41(6,39)40)29-19-17-28(18-20-29)33(3,4)5/h8-20,30H,7,21-24H2,1-6H3,(H,34,38)/t30-/m0/s1. The van der Waals surface area contributed by atoms with Gasteiger partial charge in [0.2, 0.25) is 21.8 Å². The minimum Gasteiger partial charge on any atom is -0.354 e. The monoisotopic (exact) mass is 577 g/mol. The zero-order chi connectivity index (χ0) is 30.2. The fourth-order valence-electron chi connectivity index (χ4n) is 4.55. The summed E-state index contributed by atoms with van der Waals surface area (Å²) in [7, 11) is -3.81. The van der Waals surface area contributed by atoms with Crippen molar-refractivity contribution in [3.63, 3.8) is 0 Å². The number of hydrogen-bond donors (Lipinski definition) is 1. The Morgan fingerprint density at radius 1 is 0.878 bits per heavy atom. The van der Waals surface area contributed by atoms with Crippen LogP contribution in [-0.4, -0.2) is 50.5 Å². The van der Waals surface area contributed by atoms with Crippen LogP contribution in [0.25, 0.3) is 0 Å². The van der Waals surface area contributed by atoms with E-state index in [0.717, 1.165) is 39.2 Å². The summed E-state index contributed by atoms with van der Waals surface area (Å²) in [6.07, 6.45) is 2.15. The molecule has 0 saturated heterocycles. The molecule has 0 aliphatic rings. The highest BCUT2D eigenvalue weighted by Gasteiger charge is 2.33. The molecule has 0 aliphatic heterocycles. The fourth-order valence-corrected chi connectivity index (χ4v) is 5.40. The number of anilines is 1. The van der Waals surface area contributed by atoms with Crippen LogP contribution in [0.2, 0.25) is 0 Å². The summed E-state index contributed by atoms with van der Waals surface area (Å²) in [6.45, 7) is 10.4. The molecule has 41 heavy (non-hydrogen) atoms. The second kappa shape index (κ2) is 13.8. The minimum atomic E-state index is -3.81. The van der Waals surface area contributed by atoms with Gasteiger partial charge in [-0.2, -0.15) is 0 Å². The molecule has 1 N–H and O–H groups in total. The molecular formula is C33H43N3O4S. The first-order valence-electron chi connectivity index (χ1n) is 14.0. The van der Waals surface area contributed by atoms with Crippen molar-refractivity contribution in [1.29, 1.82) is 0 Å². The van der Waals surface area contributed by atoms with Crippen molar-refractivity contribution in [1.82, 2.24) is 10.2 Å². The lowest BCUT2D eigenvalue weighted by molar-refractivity contribution is -0.140. The highest BCUT2D eigenvalue weighted by atomic mass is 32.2. The molecule has 7 nitrogen and oxygen atoms in total. The molecule has 0 bridgehead atoms. The van der Waals surface area contributed by atoms with Crippen molar-refractivity contribution >= 4 is 27.5 Å². The van der Waals surface area contributed by atoms with Gasteiger partial charge in [-0.05, 0) is 47.6 Å². The van der Waals surface area contributed by atoms with Crippen molar-refractivity contribution in [2.24, 2.45) is 0 Å². The molecule has 0 aliphatic carbocycles. The van der Waals surface area contributed by atoms with Gasteiger partial charge in [0.1, 0.15) is 12.6 Å². The van der Waals surface area contributed by atoms with E-state index in [1.54, 1.807) is 12.1 Å². The molecule has 3 aromatic rings. The van der Waals surface area contributed by atoms with Crippen LogP contribution in [0.5, 0.6) is 0 Å². The van der Waals surface area contributed by atoms with E-state index in [2.05, 4.69) is 26.1 Å². The summed E-state index contributed by atoms with van der Waals surface area (Å²) in [5.74, 6) is -0.722. The first kappa shape index (κ1) is 31.9. The van der Waals surface area contributed by atoms with Crippen molar-refractivity contribution < 1.29 is 18.0 Å². The fraction of sp³-hybridized carbons (Fsp3) is 0.394. The van der Waals surface area contributed by atoms with Crippen molar-refractivity contribution in [2.75, 3.05) is 23.7 Å². The Morgan fingerprint density at radius 2 is 1.49 bits per heavy atom. The summed E-state index contributed by atoms with van der Waals surface area (Å²) in [6, 6.07) is 23.7. The molecular weight excluding hydrogens is 534 g/mol. The van der Waals surface area contributed by atoms with Gasteiger partial charge in [-0.1, -0.05) is 100.0 Å². The molecule has 0 fully saturated rings. The van der Waals surface area contributed by atoms with Crippen LogP contribution < -0.4 is 9.62 Å². The van der Waals surface area contributed by atoms with Crippen LogP contribution in [-0.2, 0) is 38.0 Å². The number of nitrogens with zero attached hydrogens (tertiary/aromatic N) is 2. The number of hydrogen-bond acceptors (Lipinski definition) is 4. The minimum absolute atomic E-state index is 0.106. The number of carbonyl (C=O) groups is 2. The van der Waals surface area contributed by atoms with Crippen molar-refractivity contribution in [3.05, 3.63) is 101 Å². The number of nitrogens with one attached hydrogen (secondary N) is 1. The molecule has 0 saturated carbocycles. The summed E-state index contributed by atoms with van der Waals surface area (Å²) < 4.78 is 27.1. The van der Waals surface area contributed by atoms with Gasteiger partial charge >= 0.3 is 0 Å². The van der Waals surface area contributed by atoms with Gasteiger partial charge in [0.25, 0.3) is 0 Å². The number of sulfonamides is 1. The van der Waals surface area contributed by atoms with Gasteiger partial charge in [0.05, 0.1) is 11.9 Å². The maximum Gasteiger partial charge on any atom is 0.244 e.